The maximum Gasteiger partial charge on any atom is 0.147 e. The van der Waals surface area contributed by atoms with Crippen LogP contribution in [0.5, 0.6) is 0 Å². The van der Waals surface area contributed by atoms with Crippen LogP contribution < -0.4 is 5.73 Å². The molecular weight excluding hydrogens is 224 g/mol. The number of hydrogen-bond donors (Lipinski definition) is 1. The van der Waals surface area contributed by atoms with Crippen molar-refractivity contribution in [2.45, 2.75) is 6.42 Å². The standard InChI is InChI=1S/C8H11ClN2O2S/c1-14(12,13)3-2-6-4-7(9)5-11-8(6)10/h4-5H,2-3H2,1H3,(H2,10,11). The third-order valence-corrected chi connectivity index (χ3v) is 2.86. The SMILES string of the molecule is CS(=O)(=O)CCc1cc(Cl)cnc1N. The van der Waals surface area contributed by atoms with Gasteiger partial charge < -0.3 is 5.73 Å². The number of anilines is 1. The number of nitrogen functional groups attached to an aromatic ring is 1. The number of pyridine rings is 1. The van der Waals surface area contributed by atoms with Gasteiger partial charge in [-0.15, -0.1) is 0 Å². The zero-order valence-corrected chi connectivity index (χ0v) is 9.27. The Morgan fingerprint density at radius 2 is 2.21 bits per heavy atom. The van der Waals surface area contributed by atoms with Gasteiger partial charge >= 0.3 is 0 Å². The number of nitrogens with two attached hydrogens (primary N) is 1. The van der Waals surface area contributed by atoms with Gasteiger partial charge in [0.1, 0.15) is 15.7 Å². The predicted molar refractivity (Wildman–Crippen MR) is 57.1 cm³/mol. The maximum absolute atomic E-state index is 10.9. The van der Waals surface area contributed by atoms with E-state index in [1.807, 2.05) is 0 Å². The summed E-state index contributed by atoms with van der Waals surface area (Å²) in [4.78, 5) is 3.83. The van der Waals surface area contributed by atoms with Crippen LogP contribution in [-0.2, 0) is 16.3 Å². The number of sulfone groups is 1. The molecule has 0 aliphatic heterocycles. The highest BCUT2D eigenvalue weighted by Crippen LogP contribution is 2.15. The first-order valence-corrected chi connectivity index (χ1v) is 6.40. The Morgan fingerprint density at radius 3 is 2.79 bits per heavy atom. The van der Waals surface area contributed by atoms with E-state index in [1.54, 1.807) is 6.07 Å². The summed E-state index contributed by atoms with van der Waals surface area (Å²) in [5.74, 6) is 0.386. The lowest BCUT2D eigenvalue weighted by Crippen LogP contribution is -2.08. The smallest absolute Gasteiger partial charge is 0.147 e. The molecule has 0 aliphatic rings. The van der Waals surface area contributed by atoms with E-state index in [0.717, 1.165) is 0 Å². The van der Waals surface area contributed by atoms with Crippen LogP contribution in [-0.4, -0.2) is 25.4 Å². The van der Waals surface area contributed by atoms with Crippen molar-refractivity contribution < 1.29 is 8.42 Å². The van der Waals surface area contributed by atoms with Crippen molar-refractivity contribution >= 4 is 27.3 Å². The first-order valence-electron chi connectivity index (χ1n) is 3.96. The van der Waals surface area contributed by atoms with E-state index >= 15 is 0 Å². The molecule has 1 aromatic rings. The number of nitrogens with zero attached hydrogens (tertiary/aromatic N) is 1. The second-order valence-electron chi connectivity index (χ2n) is 3.08. The fourth-order valence-electron chi connectivity index (χ4n) is 0.987. The molecule has 1 heterocycles. The van der Waals surface area contributed by atoms with Crippen LogP contribution in [0.25, 0.3) is 0 Å². The average molecular weight is 235 g/mol. The summed E-state index contributed by atoms with van der Waals surface area (Å²) in [6.07, 6.45) is 2.96. The lowest BCUT2D eigenvalue weighted by atomic mass is 10.2. The average Bonchev–Trinajstić information content (AvgIpc) is 2.05. The van der Waals surface area contributed by atoms with Gasteiger partial charge in [0.15, 0.2) is 0 Å². The third kappa shape index (κ3) is 3.51. The minimum Gasteiger partial charge on any atom is -0.383 e. The molecule has 0 unspecified atom stereocenters. The monoisotopic (exact) mass is 234 g/mol. The molecule has 0 fully saturated rings. The molecule has 0 aliphatic carbocycles. The first kappa shape index (κ1) is 11.3. The summed E-state index contributed by atoms with van der Waals surface area (Å²) >= 11 is 5.70. The second-order valence-corrected chi connectivity index (χ2v) is 5.77. The molecule has 78 valence electrons. The van der Waals surface area contributed by atoms with Gasteiger partial charge in [-0.05, 0) is 18.1 Å². The predicted octanol–water partition coefficient (Wildman–Crippen LogP) is 0.904. The highest BCUT2D eigenvalue weighted by Gasteiger charge is 2.06. The maximum atomic E-state index is 10.9. The Labute approximate surface area is 88.0 Å². The van der Waals surface area contributed by atoms with Gasteiger partial charge in [0.25, 0.3) is 0 Å². The van der Waals surface area contributed by atoms with Gasteiger partial charge in [-0.1, -0.05) is 11.6 Å². The van der Waals surface area contributed by atoms with Crippen molar-refractivity contribution in [2.75, 3.05) is 17.7 Å². The molecular formula is C8H11ClN2O2S. The van der Waals surface area contributed by atoms with E-state index in [0.29, 0.717) is 22.8 Å². The van der Waals surface area contributed by atoms with Crippen LogP contribution in [0, 0.1) is 0 Å². The summed E-state index contributed by atoms with van der Waals surface area (Å²) in [5, 5.41) is 0.461. The quantitative estimate of drug-likeness (QED) is 0.844. The van der Waals surface area contributed by atoms with Crippen LogP contribution in [0.1, 0.15) is 5.56 Å². The van der Waals surface area contributed by atoms with Gasteiger partial charge in [-0.3, -0.25) is 0 Å². The minimum atomic E-state index is -2.98. The fraction of sp³-hybridized carbons (Fsp3) is 0.375. The topological polar surface area (TPSA) is 73.0 Å². The number of halogens is 1. The Bertz CT molecular complexity index is 431. The molecule has 0 bridgehead atoms. The van der Waals surface area contributed by atoms with Crippen LogP contribution in [0.3, 0.4) is 0 Å². The van der Waals surface area contributed by atoms with Gasteiger partial charge in [0.05, 0.1) is 10.8 Å². The minimum absolute atomic E-state index is 0.0548. The van der Waals surface area contributed by atoms with E-state index in [2.05, 4.69) is 4.98 Å². The van der Waals surface area contributed by atoms with Crippen molar-refractivity contribution in [1.29, 1.82) is 0 Å². The van der Waals surface area contributed by atoms with Crippen molar-refractivity contribution in [3.05, 3.63) is 22.8 Å². The number of aromatic nitrogens is 1. The van der Waals surface area contributed by atoms with E-state index in [-0.39, 0.29) is 5.75 Å². The molecule has 0 amide bonds. The molecule has 0 saturated carbocycles. The van der Waals surface area contributed by atoms with Crippen LogP contribution in [0.2, 0.25) is 5.02 Å². The summed E-state index contributed by atoms with van der Waals surface area (Å²) in [6.45, 7) is 0. The molecule has 0 atom stereocenters. The summed E-state index contributed by atoms with van der Waals surface area (Å²) in [7, 11) is -2.98. The molecule has 1 rings (SSSR count). The lowest BCUT2D eigenvalue weighted by molar-refractivity contribution is 0.601. The van der Waals surface area contributed by atoms with Crippen molar-refractivity contribution in [3.63, 3.8) is 0 Å². The Balaban J connectivity index is 2.81. The van der Waals surface area contributed by atoms with Crippen LogP contribution in [0.4, 0.5) is 5.82 Å². The second kappa shape index (κ2) is 4.14. The molecule has 6 heteroatoms. The van der Waals surface area contributed by atoms with E-state index in [9.17, 15) is 8.42 Å². The largest absolute Gasteiger partial charge is 0.383 e. The highest BCUT2D eigenvalue weighted by molar-refractivity contribution is 7.90. The van der Waals surface area contributed by atoms with Gasteiger partial charge in [-0.2, -0.15) is 0 Å². The molecule has 0 radical (unpaired) electrons. The zero-order valence-electron chi connectivity index (χ0n) is 7.70. The van der Waals surface area contributed by atoms with Crippen molar-refractivity contribution in [1.82, 2.24) is 4.98 Å². The fourth-order valence-corrected chi connectivity index (χ4v) is 1.76. The molecule has 0 aromatic carbocycles. The number of aryl methyl sites for hydroxylation is 1. The molecule has 2 N–H and O–H groups in total. The molecule has 0 spiro atoms. The molecule has 14 heavy (non-hydrogen) atoms. The summed E-state index contributed by atoms with van der Waals surface area (Å²) in [5.41, 5.74) is 6.22. The Kier molecular flexibility index (Phi) is 3.34. The van der Waals surface area contributed by atoms with Crippen LogP contribution in [0.15, 0.2) is 12.3 Å². The Hall–Kier alpha value is -0.810. The number of rotatable bonds is 3. The van der Waals surface area contributed by atoms with Crippen molar-refractivity contribution in [3.8, 4) is 0 Å². The zero-order chi connectivity index (χ0) is 10.8. The van der Waals surface area contributed by atoms with E-state index in [1.165, 1.54) is 12.5 Å². The molecule has 1 aromatic heterocycles. The normalized spacial score (nSPS) is 11.6. The third-order valence-electron chi connectivity index (χ3n) is 1.71. The van der Waals surface area contributed by atoms with Crippen molar-refractivity contribution in [2.24, 2.45) is 0 Å². The summed E-state index contributed by atoms with van der Waals surface area (Å²) < 4.78 is 21.8. The van der Waals surface area contributed by atoms with Gasteiger partial charge in [-0.25, -0.2) is 13.4 Å². The Morgan fingerprint density at radius 1 is 1.57 bits per heavy atom. The highest BCUT2D eigenvalue weighted by atomic mass is 35.5. The first-order chi connectivity index (χ1) is 6.38. The van der Waals surface area contributed by atoms with E-state index in [4.69, 9.17) is 17.3 Å². The molecule has 4 nitrogen and oxygen atoms in total. The molecule has 0 saturated heterocycles. The summed E-state index contributed by atoms with van der Waals surface area (Å²) in [6, 6.07) is 1.63. The number of hydrogen-bond acceptors (Lipinski definition) is 4. The van der Waals surface area contributed by atoms with Gasteiger partial charge in [0, 0.05) is 12.5 Å². The lowest BCUT2D eigenvalue weighted by Gasteiger charge is -2.03. The van der Waals surface area contributed by atoms with Gasteiger partial charge in [0.2, 0.25) is 0 Å². The van der Waals surface area contributed by atoms with Crippen LogP contribution >= 0.6 is 11.6 Å². The van der Waals surface area contributed by atoms with E-state index < -0.39 is 9.84 Å².